The smallest absolute Gasteiger partial charge is 0.265 e. The zero-order valence-corrected chi connectivity index (χ0v) is 15.3. The predicted molar refractivity (Wildman–Crippen MR) is 102 cm³/mol. The van der Waals surface area contributed by atoms with E-state index >= 15 is 0 Å². The van der Waals surface area contributed by atoms with Gasteiger partial charge in [0.15, 0.2) is 0 Å². The van der Waals surface area contributed by atoms with E-state index in [0.717, 1.165) is 22.7 Å². The molecule has 0 spiro atoms. The summed E-state index contributed by atoms with van der Waals surface area (Å²) in [7, 11) is 0. The van der Waals surface area contributed by atoms with Gasteiger partial charge < -0.3 is 10.6 Å². The fourth-order valence-corrected chi connectivity index (χ4v) is 3.14. The summed E-state index contributed by atoms with van der Waals surface area (Å²) >= 11 is 1.04. The molecule has 0 saturated carbocycles. The van der Waals surface area contributed by atoms with Crippen LogP contribution in [-0.2, 0) is 11.3 Å². The summed E-state index contributed by atoms with van der Waals surface area (Å²) in [4.78, 5) is 28.8. The van der Waals surface area contributed by atoms with Gasteiger partial charge in [0.2, 0.25) is 5.91 Å². The molecule has 0 fully saturated rings. The fraction of sp³-hybridized carbons (Fsp3) is 0.158. The molecular weight excluding hydrogens is 348 g/mol. The SMILES string of the molecule is CC(=O)Nc1c(-c2ccccn2)nsc1C(=O)NCc1ccc(C)cc1. The van der Waals surface area contributed by atoms with Crippen LogP contribution in [0.2, 0.25) is 0 Å². The van der Waals surface area contributed by atoms with Crippen molar-refractivity contribution in [2.75, 3.05) is 5.32 Å². The van der Waals surface area contributed by atoms with Crippen molar-refractivity contribution in [3.05, 3.63) is 64.7 Å². The summed E-state index contributed by atoms with van der Waals surface area (Å²) in [5, 5.41) is 5.59. The largest absolute Gasteiger partial charge is 0.347 e. The van der Waals surface area contributed by atoms with Crippen LogP contribution in [0.15, 0.2) is 48.7 Å². The molecule has 2 N–H and O–H groups in total. The van der Waals surface area contributed by atoms with E-state index < -0.39 is 0 Å². The first-order valence-corrected chi connectivity index (χ1v) is 8.84. The molecule has 0 aliphatic heterocycles. The Balaban J connectivity index is 1.84. The zero-order chi connectivity index (χ0) is 18.5. The molecule has 0 aliphatic rings. The van der Waals surface area contributed by atoms with E-state index in [1.165, 1.54) is 6.92 Å². The molecule has 0 aliphatic carbocycles. The van der Waals surface area contributed by atoms with Crippen LogP contribution in [0.25, 0.3) is 11.4 Å². The van der Waals surface area contributed by atoms with Crippen molar-refractivity contribution >= 4 is 29.0 Å². The lowest BCUT2D eigenvalue weighted by Gasteiger charge is -2.08. The minimum absolute atomic E-state index is 0.269. The van der Waals surface area contributed by atoms with Gasteiger partial charge in [-0.3, -0.25) is 14.6 Å². The number of anilines is 1. The highest BCUT2D eigenvalue weighted by atomic mass is 32.1. The number of amides is 2. The number of carbonyl (C=O) groups excluding carboxylic acids is 2. The van der Waals surface area contributed by atoms with Gasteiger partial charge in [-0.25, -0.2) is 0 Å². The molecule has 6 nitrogen and oxygen atoms in total. The van der Waals surface area contributed by atoms with Crippen molar-refractivity contribution in [1.82, 2.24) is 14.7 Å². The van der Waals surface area contributed by atoms with E-state index in [1.54, 1.807) is 18.3 Å². The molecule has 0 bridgehead atoms. The number of pyridine rings is 1. The number of hydrogen-bond acceptors (Lipinski definition) is 5. The lowest BCUT2D eigenvalue weighted by atomic mass is 10.1. The number of nitrogens with zero attached hydrogens (tertiary/aromatic N) is 2. The van der Waals surface area contributed by atoms with E-state index in [0.29, 0.717) is 28.5 Å². The highest BCUT2D eigenvalue weighted by Crippen LogP contribution is 2.32. The molecule has 3 rings (SSSR count). The summed E-state index contributed by atoms with van der Waals surface area (Å²) in [6.45, 7) is 3.81. The van der Waals surface area contributed by atoms with Crippen LogP contribution in [0.3, 0.4) is 0 Å². The third kappa shape index (κ3) is 4.12. The molecule has 1 aromatic carbocycles. The Bertz CT molecular complexity index is 920. The second-order valence-corrected chi connectivity index (χ2v) is 6.57. The summed E-state index contributed by atoms with van der Waals surface area (Å²) in [5.74, 6) is -0.552. The van der Waals surface area contributed by atoms with Gasteiger partial charge in [0, 0.05) is 19.7 Å². The molecule has 2 amide bonds. The van der Waals surface area contributed by atoms with Crippen molar-refractivity contribution in [3.63, 3.8) is 0 Å². The molecule has 2 heterocycles. The highest BCUT2D eigenvalue weighted by Gasteiger charge is 2.22. The van der Waals surface area contributed by atoms with Crippen molar-refractivity contribution in [2.45, 2.75) is 20.4 Å². The van der Waals surface area contributed by atoms with Gasteiger partial charge in [-0.2, -0.15) is 4.37 Å². The molecule has 26 heavy (non-hydrogen) atoms. The van der Waals surface area contributed by atoms with Crippen molar-refractivity contribution < 1.29 is 9.59 Å². The molecule has 132 valence electrons. The van der Waals surface area contributed by atoms with Crippen molar-refractivity contribution in [3.8, 4) is 11.4 Å². The lowest BCUT2D eigenvalue weighted by molar-refractivity contribution is -0.114. The number of carbonyl (C=O) groups is 2. The predicted octanol–water partition coefficient (Wildman–Crippen LogP) is 3.40. The van der Waals surface area contributed by atoms with E-state index in [1.807, 2.05) is 37.3 Å². The molecule has 3 aromatic rings. The van der Waals surface area contributed by atoms with Crippen LogP contribution in [0.5, 0.6) is 0 Å². The van der Waals surface area contributed by atoms with Gasteiger partial charge in [0.05, 0.1) is 11.4 Å². The molecular formula is C19H18N4O2S. The lowest BCUT2D eigenvalue weighted by Crippen LogP contribution is -2.23. The number of aryl methyl sites for hydroxylation is 1. The van der Waals surface area contributed by atoms with Crippen LogP contribution in [0.4, 0.5) is 5.69 Å². The summed E-state index contributed by atoms with van der Waals surface area (Å²) in [6, 6.07) is 13.3. The molecule has 7 heteroatoms. The maximum Gasteiger partial charge on any atom is 0.265 e. The van der Waals surface area contributed by atoms with E-state index in [2.05, 4.69) is 20.0 Å². The van der Waals surface area contributed by atoms with Crippen LogP contribution in [0.1, 0.15) is 27.7 Å². The van der Waals surface area contributed by atoms with Gasteiger partial charge in [-0.15, -0.1) is 0 Å². The first-order valence-electron chi connectivity index (χ1n) is 8.07. The average Bonchev–Trinajstić information content (AvgIpc) is 3.04. The maximum atomic E-state index is 12.6. The number of nitrogens with one attached hydrogen (secondary N) is 2. The number of aromatic nitrogens is 2. The Morgan fingerprint density at radius 3 is 2.54 bits per heavy atom. The zero-order valence-electron chi connectivity index (χ0n) is 14.4. The summed E-state index contributed by atoms with van der Waals surface area (Å²) in [5.41, 5.74) is 3.65. The molecule has 0 unspecified atom stereocenters. The van der Waals surface area contributed by atoms with Crippen LogP contribution in [-0.4, -0.2) is 21.2 Å². The first-order chi connectivity index (χ1) is 12.5. The Morgan fingerprint density at radius 2 is 1.88 bits per heavy atom. The topological polar surface area (TPSA) is 84.0 Å². The van der Waals surface area contributed by atoms with Gasteiger partial charge in [0.1, 0.15) is 10.6 Å². The average molecular weight is 366 g/mol. The molecule has 0 saturated heterocycles. The van der Waals surface area contributed by atoms with Gasteiger partial charge >= 0.3 is 0 Å². The Labute approximate surface area is 155 Å². The second kappa shape index (κ2) is 7.88. The summed E-state index contributed by atoms with van der Waals surface area (Å²) < 4.78 is 4.33. The molecule has 0 atom stereocenters. The monoisotopic (exact) mass is 366 g/mol. The maximum absolute atomic E-state index is 12.6. The third-order valence-electron chi connectivity index (χ3n) is 3.68. The van der Waals surface area contributed by atoms with E-state index in [4.69, 9.17) is 0 Å². The standard InChI is InChI=1S/C19H18N4O2S/c1-12-6-8-14(9-7-12)11-21-19(25)18-17(22-13(2)24)16(23-26-18)15-5-3-4-10-20-15/h3-10H,11H2,1-2H3,(H,21,25)(H,22,24). The molecule has 0 radical (unpaired) electrons. The number of rotatable bonds is 5. The minimum Gasteiger partial charge on any atom is -0.347 e. The second-order valence-electron chi connectivity index (χ2n) is 5.80. The van der Waals surface area contributed by atoms with Crippen LogP contribution >= 0.6 is 11.5 Å². The minimum atomic E-state index is -0.283. The normalized spacial score (nSPS) is 10.4. The number of hydrogen-bond donors (Lipinski definition) is 2. The van der Waals surface area contributed by atoms with Gasteiger partial charge in [0.25, 0.3) is 5.91 Å². The summed E-state index contributed by atoms with van der Waals surface area (Å²) in [6.07, 6.45) is 1.64. The number of benzene rings is 1. The quantitative estimate of drug-likeness (QED) is 0.725. The van der Waals surface area contributed by atoms with Crippen molar-refractivity contribution in [2.24, 2.45) is 0 Å². The van der Waals surface area contributed by atoms with E-state index in [9.17, 15) is 9.59 Å². The highest BCUT2D eigenvalue weighted by molar-refractivity contribution is 7.09. The third-order valence-corrected chi connectivity index (χ3v) is 4.53. The Hall–Kier alpha value is -3.06. The van der Waals surface area contributed by atoms with Crippen LogP contribution in [0, 0.1) is 6.92 Å². The van der Waals surface area contributed by atoms with E-state index in [-0.39, 0.29) is 11.8 Å². The molecule has 2 aromatic heterocycles. The van der Waals surface area contributed by atoms with Crippen LogP contribution < -0.4 is 10.6 Å². The van der Waals surface area contributed by atoms with Gasteiger partial charge in [-0.05, 0) is 36.2 Å². The van der Waals surface area contributed by atoms with Crippen molar-refractivity contribution in [1.29, 1.82) is 0 Å². The fourth-order valence-electron chi connectivity index (χ4n) is 2.38. The van der Waals surface area contributed by atoms with Gasteiger partial charge in [-0.1, -0.05) is 35.9 Å². The first kappa shape index (κ1) is 17.8. The Morgan fingerprint density at radius 1 is 1.12 bits per heavy atom. The Kier molecular flexibility index (Phi) is 5.38.